The van der Waals surface area contributed by atoms with Gasteiger partial charge in [-0.05, 0) is 24.1 Å². The minimum absolute atomic E-state index is 0.0476. The molecule has 2 nitrogen and oxygen atoms in total. The van der Waals surface area contributed by atoms with Crippen LogP contribution in [0, 0.1) is 6.92 Å². The first kappa shape index (κ1) is 13.8. The van der Waals surface area contributed by atoms with E-state index in [1.165, 1.54) is 25.3 Å². The topological polar surface area (TPSA) is 35.2 Å². The third-order valence-electron chi connectivity index (χ3n) is 2.48. The summed E-state index contributed by atoms with van der Waals surface area (Å²) >= 11 is 0. The smallest absolute Gasteiger partial charge is 0.326 e. The predicted octanol–water partition coefficient (Wildman–Crippen LogP) is 2.90. The molecule has 0 aliphatic heterocycles. The summed E-state index contributed by atoms with van der Waals surface area (Å²) in [5.41, 5.74) is 5.68. The summed E-state index contributed by atoms with van der Waals surface area (Å²) in [6.45, 7) is 1.62. The van der Waals surface area contributed by atoms with Crippen LogP contribution in [-0.4, -0.2) is 19.5 Å². The third-order valence-corrected chi connectivity index (χ3v) is 2.48. The van der Waals surface area contributed by atoms with Gasteiger partial charge in [0.2, 0.25) is 0 Å². The van der Waals surface area contributed by atoms with Crippen LogP contribution in [0.3, 0.4) is 0 Å². The zero-order valence-electron chi connectivity index (χ0n) is 9.38. The predicted molar refractivity (Wildman–Crippen MR) is 55.6 cm³/mol. The van der Waals surface area contributed by atoms with Crippen molar-refractivity contribution >= 4 is 0 Å². The van der Waals surface area contributed by atoms with Crippen molar-refractivity contribution in [1.82, 2.24) is 0 Å². The Bertz CT molecular complexity index is 395. The maximum Gasteiger partial charge on any atom is 0.326 e. The first-order chi connectivity index (χ1) is 7.80. The molecule has 0 fully saturated rings. The maximum absolute atomic E-state index is 13.0. The second-order valence-corrected chi connectivity index (χ2v) is 3.68. The van der Waals surface area contributed by atoms with Gasteiger partial charge in [-0.2, -0.15) is 8.78 Å². The highest BCUT2D eigenvalue weighted by Crippen LogP contribution is 2.35. The summed E-state index contributed by atoms with van der Waals surface area (Å²) in [7, 11) is 1.43. The number of alkyl halides is 4. The summed E-state index contributed by atoms with van der Waals surface area (Å²) in [4.78, 5) is 0. The maximum atomic E-state index is 13.0. The van der Waals surface area contributed by atoms with Crippen molar-refractivity contribution in [2.45, 2.75) is 25.3 Å². The lowest BCUT2D eigenvalue weighted by molar-refractivity contribution is -0.144. The van der Waals surface area contributed by atoms with Crippen LogP contribution in [0.25, 0.3) is 0 Å². The van der Waals surface area contributed by atoms with E-state index in [4.69, 9.17) is 10.5 Å². The van der Waals surface area contributed by atoms with Crippen molar-refractivity contribution in [3.63, 3.8) is 0 Å². The Morgan fingerprint density at radius 2 is 1.88 bits per heavy atom. The van der Waals surface area contributed by atoms with Gasteiger partial charge in [0.1, 0.15) is 11.8 Å². The average molecular weight is 251 g/mol. The van der Waals surface area contributed by atoms with E-state index in [1.807, 2.05) is 0 Å². The van der Waals surface area contributed by atoms with Crippen LogP contribution in [0.15, 0.2) is 18.2 Å². The highest BCUT2D eigenvalue weighted by Gasteiger charge is 2.47. The Morgan fingerprint density at radius 1 is 1.29 bits per heavy atom. The molecule has 1 rings (SSSR count). The molecule has 96 valence electrons. The summed E-state index contributed by atoms with van der Waals surface area (Å²) in [5, 5.41) is 0. The van der Waals surface area contributed by atoms with Crippen molar-refractivity contribution in [2.75, 3.05) is 7.11 Å². The van der Waals surface area contributed by atoms with Gasteiger partial charge in [0.15, 0.2) is 0 Å². The first-order valence-electron chi connectivity index (χ1n) is 4.86. The number of ether oxygens (including phenoxy) is 1. The molecule has 1 aromatic rings. The number of hydrogen-bond donors (Lipinski definition) is 1. The second kappa shape index (κ2) is 4.91. The lowest BCUT2D eigenvalue weighted by Gasteiger charge is -2.23. The highest BCUT2D eigenvalue weighted by molar-refractivity contribution is 5.37. The Hall–Kier alpha value is -1.30. The average Bonchev–Trinajstić information content (AvgIpc) is 2.27. The summed E-state index contributed by atoms with van der Waals surface area (Å²) in [6, 6.07) is 1.96. The molecule has 1 unspecified atom stereocenters. The Labute approximate surface area is 96.4 Å². The molecule has 0 heterocycles. The fraction of sp³-hybridized carbons (Fsp3) is 0.455. The highest BCUT2D eigenvalue weighted by atomic mass is 19.3. The molecule has 0 saturated heterocycles. The SMILES string of the molecule is COc1ccc(C(N)C(F)(F)C(F)F)cc1C. The molecule has 2 N–H and O–H groups in total. The molecule has 0 bridgehead atoms. The molecule has 0 spiro atoms. The van der Waals surface area contributed by atoms with Gasteiger partial charge < -0.3 is 10.5 Å². The molecule has 6 heteroatoms. The zero-order valence-corrected chi connectivity index (χ0v) is 9.38. The molecular weight excluding hydrogens is 238 g/mol. The fourth-order valence-corrected chi connectivity index (χ4v) is 1.45. The van der Waals surface area contributed by atoms with Crippen LogP contribution in [0.1, 0.15) is 17.2 Å². The van der Waals surface area contributed by atoms with E-state index in [9.17, 15) is 17.6 Å². The molecule has 1 aromatic carbocycles. The van der Waals surface area contributed by atoms with Crippen molar-refractivity contribution < 1.29 is 22.3 Å². The molecule has 17 heavy (non-hydrogen) atoms. The molecule has 0 saturated carbocycles. The van der Waals surface area contributed by atoms with Crippen molar-refractivity contribution in [3.8, 4) is 5.75 Å². The van der Waals surface area contributed by atoms with Gasteiger partial charge in [-0.15, -0.1) is 0 Å². The van der Waals surface area contributed by atoms with E-state index in [0.717, 1.165) is 0 Å². The van der Waals surface area contributed by atoms with Gasteiger partial charge >= 0.3 is 12.3 Å². The van der Waals surface area contributed by atoms with E-state index in [1.54, 1.807) is 6.92 Å². The van der Waals surface area contributed by atoms with Crippen molar-refractivity contribution in [1.29, 1.82) is 0 Å². The van der Waals surface area contributed by atoms with E-state index in [2.05, 4.69) is 0 Å². The lowest BCUT2D eigenvalue weighted by atomic mass is 9.99. The van der Waals surface area contributed by atoms with E-state index >= 15 is 0 Å². The number of benzene rings is 1. The van der Waals surface area contributed by atoms with Crippen LogP contribution in [-0.2, 0) is 0 Å². The lowest BCUT2D eigenvalue weighted by Crippen LogP contribution is -2.39. The summed E-state index contributed by atoms with van der Waals surface area (Å²) in [5.74, 6) is -3.76. The molecule has 0 aliphatic rings. The molecular formula is C11H13F4NO. The normalized spacial score (nSPS) is 13.9. The van der Waals surface area contributed by atoms with Gasteiger partial charge in [-0.25, -0.2) is 8.78 Å². The second-order valence-electron chi connectivity index (χ2n) is 3.68. The van der Waals surface area contributed by atoms with Crippen LogP contribution in [0.2, 0.25) is 0 Å². The fourth-order valence-electron chi connectivity index (χ4n) is 1.45. The van der Waals surface area contributed by atoms with Gasteiger partial charge in [0.05, 0.1) is 7.11 Å². The number of halogens is 4. The monoisotopic (exact) mass is 251 g/mol. The van der Waals surface area contributed by atoms with Gasteiger partial charge in [-0.1, -0.05) is 12.1 Å². The minimum Gasteiger partial charge on any atom is -0.496 e. The number of rotatable bonds is 4. The Balaban J connectivity index is 3.05. The minimum atomic E-state index is -4.25. The Morgan fingerprint density at radius 3 is 2.29 bits per heavy atom. The molecule has 0 aromatic heterocycles. The summed E-state index contributed by atoms with van der Waals surface area (Å²) in [6.07, 6.45) is -3.79. The van der Waals surface area contributed by atoms with Crippen LogP contribution >= 0.6 is 0 Å². The van der Waals surface area contributed by atoms with Gasteiger partial charge in [0, 0.05) is 0 Å². The van der Waals surface area contributed by atoms with E-state index in [-0.39, 0.29) is 5.56 Å². The zero-order chi connectivity index (χ0) is 13.2. The molecule has 0 aliphatic carbocycles. The van der Waals surface area contributed by atoms with E-state index < -0.39 is 18.4 Å². The first-order valence-corrected chi connectivity index (χ1v) is 4.86. The summed E-state index contributed by atoms with van der Waals surface area (Å²) < 4.78 is 55.3. The largest absolute Gasteiger partial charge is 0.496 e. The number of hydrogen-bond acceptors (Lipinski definition) is 2. The molecule has 0 radical (unpaired) electrons. The van der Waals surface area contributed by atoms with Crippen LogP contribution < -0.4 is 10.5 Å². The van der Waals surface area contributed by atoms with Crippen LogP contribution in [0.4, 0.5) is 17.6 Å². The number of aryl methyl sites for hydroxylation is 1. The Kier molecular flexibility index (Phi) is 3.98. The quantitative estimate of drug-likeness (QED) is 0.835. The molecule has 1 atom stereocenters. The third kappa shape index (κ3) is 2.69. The van der Waals surface area contributed by atoms with E-state index in [0.29, 0.717) is 11.3 Å². The van der Waals surface area contributed by atoms with Gasteiger partial charge in [-0.3, -0.25) is 0 Å². The van der Waals surface area contributed by atoms with Crippen molar-refractivity contribution in [3.05, 3.63) is 29.3 Å². The van der Waals surface area contributed by atoms with Crippen molar-refractivity contribution in [2.24, 2.45) is 5.73 Å². The molecule has 0 amide bonds. The number of methoxy groups -OCH3 is 1. The van der Waals surface area contributed by atoms with Crippen LogP contribution in [0.5, 0.6) is 5.75 Å². The standard InChI is InChI=1S/C11H13F4NO/c1-6-5-7(3-4-8(6)17-2)9(16)11(14,15)10(12)13/h3-5,9-10H,16H2,1-2H3. The number of nitrogens with two attached hydrogens (primary N) is 1. The van der Waals surface area contributed by atoms with Gasteiger partial charge in [0.25, 0.3) is 0 Å².